The Labute approximate surface area is 202 Å². The van der Waals surface area contributed by atoms with E-state index in [9.17, 15) is 18.0 Å². The molecule has 0 atom stereocenters. The Morgan fingerprint density at radius 1 is 0.971 bits per heavy atom. The molecule has 0 aliphatic heterocycles. The first-order valence-electron chi connectivity index (χ1n) is 11.0. The van der Waals surface area contributed by atoms with Gasteiger partial charge in [-0.1, -0.05) is 66.2 Å². The number of aliphatic hydroxyl groups is 1. The van der Waals surface area contributed by atoms with Crippen LogP contribution in [-0.4, -0.2) is 28.4 Å². The molecule has 8 heteroatoms. The molecule has 186 valence electrons. The maximum Gasteiger partial charge on any atom is 0.417 e. The SMILES string of the molecule is CC(=N)c1ccc(CNCCC(=O)O)cc1.Cc1ccc(-c2ccc(CO)cc2C(F)(F)F)cc1. The van der Waals surface area contributed by atoms with E-state index in [1.807, 2.05) is 31.2 Å². The molecule has 0 bridgehead atoms. The van der Waals surface area contributed by atoms with Crippen LogP contribution in [0.5, 0.6) is 0 Å². The zero-order chi connectivity index (χ0) is 26.0. The number of carboxylic acids is 1. The normalized spacial score (nSPS) is 10.9. The topological polar surface area (TPSA) is 93.4 Å². The first-order valence-corrected chi connectivity index (χ1v) is 11.0. The summed E-state index contributed by atoms with van der Waals surface area (Å²) in [4.78, 5) is 10.3. The van der Waals surface area contributed by atoms with Crippen LogP contribution in [0.1, 0.15) is 41.2 Å². The minimum Gasteiger partial charge on any atom is -0.481 e. The monoisotopic (exact) mass is 486 g/mol. The first kappa shape index (κ1) is 27.8. The average molecular weight is 487 g/mol. The van der Waals surface area contributed by atoms with Gasteiger partial charge in [0.1, 0.15) is 0 Å². The maximum absolute atomic E-state index is 13.0. The number of benzene rings is 3. The van der Waals surface area contributed by atoms with Gasteiger partial charge in [-0.2, -0.15) is 13.2 Å². The molecular weight excluding hydrogens is 457 g/mol. The predicted molar refractivity (Wildman–Crippen MR) is 130 cm³/mol. The second-order valence-electron chi connectivity index (χ2n) is 8.04. The number of carboxylic acid groups (broad SMARTS) is 1. The summed E-state index contributed by atoms with van der Waals surface area (Å²) in [6.45, 7) is 4.35. The highest BCUT2D eigenvalue weighted by atomic mass is 19.4. The third kappa shape index (κ3) is 8.99. The van der Waals surface area contributed by atoms with Gasteiger partial charge in [-0.05, 0) is 47.7 Å². The van der Waals surface area contributed by atoms with Crippen LogP contribution in [0.25, 0.3) is 11.1 Å². The van der Waals surface area contributed by atoms with E-state index in [0.29, 0.717) is 24.4 Å². The van der Waals surface area contributed by atoms with Crippen LogP contribution in [0, 0.1) is 12.3 Å². The van der Waals surface area contributed by atoms with Gasteiger partial charge in [-0.3, -0.25) is 4.79 Å². The molecule has 0 aromatic heterocycles. The molecule has 0 unspecified atom stereocenters. The van der Waals surface area contributed by atoms with Crippen molar-refractivity contribution in [3.63, 3.8) is 0 Å². The van der Waals surface area contributed by atoms with Crippen LogP contribution >= 0.6 is 0 Å². The zero-order valence-electron chi connectivity index (χ0n) is 19.6. The molecule has 4 N–H and O–H groups in total. The second-order valence-corrected chi connectivity index (χ2v) is 8.04. The fourth-order valence-corrected chi connectivity index (χ4v) is 3.21. The van der Waals surface area contributed by atoms with Gasteiger partial charge in [0.05, 0.1) is 18.6 Å². The highest BCUT2D eigenvalue weighted by Gasteiger charge is 2.33. The van der Waals surface area contributed by atoms with Gasteiger partial charge in [0.2, 0.25) is 0 Å². The molecule has 0 saturated carbocycles. The Morgan fingerprint density at radius 3 is 2.09 bits per heavy atom. The molecule has 3 rings (SSSR count). The number of hydrogen-bond acceptors (Lipinski definition) is 4. The number of nitrogens with one attached hydrogen (secondary N) is 2. The minimum absolute atomic E-state index is 0.129. The van der Waals surface area contributed by atoms with E-state index in [1.54, 1.807) is 31.2 Å². The van der Waals surface area contributed by atoms with Gasteiger partial charge in [0, 0.05) is 18.8 Å². The summed E-state index contributed by atoms with van der Waals surface area (Å²) >= 11 is 0. The van der Waals surface area contributed by atoms with E-state index in [4.69, 9.17) is 15.6 Å². The van der Waals surface area contributed by atoms with E-state index in [0.717, 1.165) is 22.8 Å². The summed E-state index contributed by atoms with van der Waals surface area (Å²) in [5.41, 5.74) is 3.72. The van der Waals surface area contributed by atoms with Gasteiger partial charge < -0.3 is 20.9 Å². The Bertz CT molecular complexity index is 1130. The molecule has 0 fully saturated rings. The van der Waals surface area contributed by atoms with Crippen molar-refractivity contribution in [1.29, 1.82) is 5.41 Å². The van der Waals surface area contributed by atoms with Gasteiger partial charge in [-0.25, -0.2) is 0 Å². The van der Waals surface area contributed by atoms with Crippen molar-refractivity contribution >= 4 is 11.7 Å². The molecule has 0 radical (unpaired) electrons. The number of halogens is 3. The lowest BCUT2D eigenvalue weighted by molar-refractivity contribution is -0.138. The van der Waals surface area contributed by atoms with E-state index >= 15 is 0 Å². The van der Waals surface area contributed by atoms with Crippen molar-refractivity contribution < 1.29 is 28.2 Å². The third-order valence-corrected chi connectivity index (χ3v) is 5.17. The van der Waals surface area contributed by atoms with Gasteiger partial charge in [-0.15, -0.1) is 0 Å². The summed E-state index contributed by atoms with van der Waals surface area (Å²) in [5, 5.41) is 27.9. The number of rotatable bonds is 8. The summed E-state index contributed by atoms with van der Waals surface area (Å²) in [7, 11) is 0. The summed E-state index contributed by atoms with van der Waals surface area (Å²) in [5.74, 6) is -0.790. The van der Waals surface area contributed by atoms with Crippen molar-refractivity contribution in [2.45, 2.75) is 39.6 Å². The molecule has 3 aromatic carbocycles. The third-order valence-electron chi connectivity index (χ3n) is 5.17. The number of aliphatic carboxylic acids is 1. The lowest BCUT2D eigenvalue weighted by Crippen LogP contribution is -2.17. The number of aliphatic hydroxyl groups excluding tert-OH is 1. The zero-order valence-corrected chi connectivity index (χ0v) is 19.6. The molecule has 0 spiro atoms. The smallest absolute Gasteiger partial charge is 0.417 e. The summed E-state index contributed by atoms with van der Waals surface area (Å²) in [6.07, 6.45) is -4.30. The molecule has 0 aliphatic rings. The van der Waals surface area contributed by atoms with Crippen molar-refractivity contribution in [2.24, 2.45) is 0 Å². The molecule has 0 heterocycles. The van der Waals surface area contributed by atoms with Gasteiger partial charge in [0.25, 0.3) is 0 Å². The highest BCUT2D eigenvalue weighted by Crippen LogP contribution is 2.37. The Hall–Kier alpha value is -3.49. The second kappa shape index (κ2) is 12.8. The summed E-state index contributed by atoms with van der Waals surface area (Å²) < 4.78 is 39.1. The lowest BCUT2D eigenvalue weighted by Gasteiger charge is -2.14. The van der Waals surface area contributed by atoms with E-state index < -0.39 is 24.3 Å². The number of hydrogen-bond donors (Lipinski definition) is 4. The van der Waals surface area contributed by atoms with Crippen molar-refractivity contribution in [1.82, 2.24) is 5.32 Å². The van der Waals surface area contributed by atoms with Crippen LogP contribution in [0.2, 0.25) is 0 Å². The number of carbonyl (C=O) groups is 1. The molecule has 3 aromatic rings. The molecule has 35 heavy (non-hydrogen) atoms. The average Bonchev–Trinajstić information content (AvgIpc) is 2.82. The van der Waals surface area contributed by atoms with Crippen LogP contribution in [-0.2, 0) is 24.1 Å². The Balaban J connectivity index is 0.000000251. The fourth-order valence-electron chi connectivity index (χ4n) is 3.21. The first-order chi connectivity index (χ1) is 16.5. The number of alkyl halides is 3. The molecule has 0 amide bonds. The van der Waals surface area contributed by atoms with Crippen LogP contribution in [0.3, 0.4) is 0 Å². The maximum atomic E-state index is 13.0. The van der Waals surface area contributed by atoms with E-state index in [-0.39, 0.29) is 17.5 Å². The van der Waals surface area contributed by atoms with Crippen LogP contribution < -0.4 is 5.32 Å². The predicted octanol–water partition coefficient (Wildman–Crippen LogP) is 5.81. The van der Waals surface area contributed by atoms with Gasteiger partial charge >= 0.3 is 12.1 Å². The number of aryl methyl sites for hydroxylation is 1. The highest BCUT2D eigenvalue weighted by molar-refractivity contribution is 5.96. The van der Waals surface area contributed by atoms with E-state index in [2.05, 4.69) is 5.32 Å². The van der Waals surface area contributed by atoms with Crippen LogP contribution in [0.4, 0.5) is 13.2 Å². The van der Waals surface area contributed by atoms with Crippen molar-refractivity contribution in [3.8, 4) is 11.1 Å². The van der Waals surface area contributed by atoms with Crippen molar-refractivity contribution in [3.05, 3.63) is 94.5 Å². The molecule has 0 saturated heterocycles. The Kier molecular flexibility index (Phi) is 10.2. The summed E-state index contributed by atoms with van der Waals surface area (Å²) in [6, 6.07) is 18.5. The van der Waals surface area contributed by atoms with Gasteiger partial charge in [0.15, 0.2) is 0 Å². The fraction of sp³-hybridized carbons (Fsp3) is 0.259. The minimum atomic E-state index is -4.44. The van der Waals surface area contributed by atoms with Crippen LogP contribution in [0.15, 0.2) is 66.7 Å². The molecule has 0 aliphatic carbocycles. The standard InChI is InChI=1S/C15H13F3O.C12H16N2O2/c1-10-2-5-12(6-3-10)13-7-4-11(9-19)8-14(13)15(16,17)18;1-9(13)11-4-2-10(3-5-11)8-14-7-6-12(15)16/h2-8,19H,9H2,1H3;2-5,13-14H,6-8H2,1H3,(H,15,16). The molecule has 5 nitrogen and oxygen atoms in total. The quantitative estimate of drug-likeness (QED) is 0.239. The molecular formula is C27H29F3N2O3. The largest absolute Gasteiger partial charge is 0.481 e. The lowest BCUT2D eigenvalue weighted by atomic mass is 9.96. The Morgan fingerprint density at radius 2 is 1.57 bits per heavy atom. The van der Waals surface area contributed by atoms with E-state index in [1.165, 1.54) is 12.1 Å². The van der Waals surface area contributed by atoms with Crippen molar-refractivity contribution in [2.75, 3.05) is 6.54 Å².